The van der Waals surface area contributed by atoms with Crippen LogP contribution in [-0.4, -0.2) is 26.2 Å². The Balaban J connectivity index is 1.80. The van der Waals surface area contributed by atoms with Crippen LogP contribution in [0.5, 0.6) is 5.75 Å². The van der Waals surface area contributed by atoms with Crippen molar-refractivity contribution >= 4 is 22.9 Å². The molecule has 25 heavy (non-hydrogen) atoms. The molecule has 0 bridgehead atoms. The summed E-state index contributed by atoms with van der Waals surface area (Å²) in [7, 11) is 2.82. The topological polar surface area (TPSA) is 88.1 Å². The smallest absolute Gasteiger partial charge is 0.375 e. The SMILES string of the molecule is COC(=O)c1ccoc1COC(=O)c1oc2ccc(OC)cc2c1C. The summed E-state index contributed by atoms with van der Waals surface area (Å²) in [5.74, 6) is -0.258. The number of benzene rings is 1. The van der Waals surface area contributed by atoms with E-state index < -0.39 is 11.9 Å². The van der Waals surface area contributed by atoms with Gasteiger partial charge in [0.25, 0.3) is 0 Å². The van der Waals surface area contributed by atoms with E-state index in [4.69, 9.17) is 18.3 Å². The van der Waals surface area contributed by atoms with Gasteiger partial charge in [-0.3, -0.25) is 0 Å². The summed E-state index contributed by atoms with van der Waals surface area (Å²) in [4.78, 5) is 23.9. The van der Waals surface area contributed by atoms with Crippen molar-refractivity contribution in [2.24, 2.45) is 0 Å². The minimum absolute atomic E-state index is 0.0921. The van der Waals surface area contributed by atoms with Crippen molar-refractivity contribution in [3.63, 3.8) is 0 Å². The summed E-state index contributed by atoms with van der Waals surface area (Å²) in [5, 5.41) is 0.763. The fraction of sp³-hybridized carbons (Fsp3) is 0.222. The summed E-state index contributed by atoms with van der Waals surface area (Å²) in [6, 6.07) is 6.70. The molecule has 0 aliphatic rings. The minimum atomic E-state index is -0.653. The van der Waals surface area contributed by atoms with Crippen LogP contribution >= 0.6 is 0 Å². The molecule has 0 unspecified atom stereocenters. The molecule has 2 heterocycles. The number of ether oxygens (including phenoxy) is 3. The molecule has 3 rings (SSSR count). The van der Waals surface area contributed by atoms with E-state index in [2.05, 4.69) is 4.74 Å². The third-order valence-electron chi connectivity index (χ3n) is 3.81. The predicted molar refractivity (Wildman–Crippen MR) is 86.7 cm³/mol. The van der Waals surface area contributed by atoms with E-state index in [0.29, 0.717) is 16.9 Å². The first-order chi connectivity index (χ1) is 12.0. The van der Waals surface area contributed by atoms with E-state index in [1.165, 1.54) is 19.4 Å². The number of aryl methyl sites for hydroxylation is 1. The first-order valence-electron chi connectivity index (χ1n) is 7.44. The number of fused-ring (bicyclic) bond motifs is 1. The highest BCUT2D eigenvalue weighted by atomic mass is 16.6. The fourth-order valence-corrected chi connectivity index (χ4v) is 2.46. The molecule has 0 radical (unpaired) electrons. The van der Waals surface area contributed by atoms with Crippen LogP contribution in [0.3, 0.4) is 0 Å². The van der Waals surface area contributed by atoms with Crippen LogP contribution in [0, 0.1) is 6.92 Å². The number of carbonyl (C=O) groups is 2. The van der Waals surface area contributed by atoms with Crippen LogP contribution in [0.1, 0.15) is 32.2 Å². The molecule has 0 atom stereocenters. The van der Waals surface area contributed by atoms with Crippen LogP contribution in [0.25, 0.3) is 11.0 Å². The van der Waals surface area contributed by atoms with Gasteiger partial charge < -0.3 is 23.0 Å². The summed E-state index contributed by atoms with van der Waals surface area (Å²) in [5.41, 5.74) is 1.41. The van der Waals surface area contributed by atoms with Crippen LogP contribution in [-0.2, 0) is 16.1 Å². The van der Waals surface area contributed by atoms with Crippen LogP contribution < -0.4 is 4.74 Å². The maximum absolute atomic E-state index is 12.3. The van der Waals surface area contributed by atoms with Gasteiger partial charge in [-0.05, 0) is 31.2 Å². The maximum atomic E-state index is 12.3. The first kappa shape index (κ1) is 16.6. The van der Waals surface area contributed by atoms with Crippen LogP contribution in [0.4, 0.5) is 0 Å². The Labute approximate surface area is 143 Å². The van der Waals surface area contributed by atoms with E-state index >= 15 is 0 Å². The van der Waals surface area contributed by atoms with E-state index in [1.54, 1.807) is 32.2 Å². The van der Waals surface area contributed by atoms with Crippen molar-refractivity contribution in [3.05, 3.63) is 53.2 Å². The third kappa shape index (κ3) is 3.08. The first-order valence-corrected chi connectivity index (χ1v) is 7.44. The van der Waals surface area contributed by atoms with Crippen molar-refractivity contribution in [2.45, 2.75) is 13.5 Å². The van der Waals surface area contributed by atoms with Gasteiger partial charge in [-0.2, -0.15) is 0 Å². The molecule has 7 nitrogen and oxygen atoms in total. The Morgan fingerprint density at radius 3 is 2.64 bits per heavy atom. The van der Waals surface area contributed by atoms with Crippen molar-refractivity contribution in [1.29, 1.82) is 0 Å². The largest absolute Gasteiger partial charge is 0.497 e. The molecule has 0 amide bonds. The van der Waals surface area contributed by atoms with Gasteiger partial charge in [0, 0.05) is 10.9 Å². The lowest BCUT2D eigenvalue weighted by Gasteiger charge is -2.03. The average molecular weight is 344 g/mol. The highest BCUT2D eigenvalue weighted by Gasteiger charge is 2.22. The van der Waals surface area contributed by atoms with E-state index in [1.807, 2.05) is 0 Å². The molecule has 0 spiro atoms. The lowest BCUT2D eigenvalue weighted by molar-refractivity contribution is 0.0400. The lowest BCUT2D eigenvalue weighted by Crippen LogP contribution is -2.08. The Bertz CT molecular complexity index is 932. The standard InChI is InChI=1S/C18H16O7/c1-10-13-8-11(21-2)4-5-14(13)25-16(10)18(20)24-9-15-12(6-7-23-15)17(19)22-3/h4-8H,9H2,1-3H3. The summed E-state index contributed by atoms with van der Waals surface area (Å²) < 4.78 is 25.8. The molecule has 130 valence electrons. The van der Waals surface area contributed by atoms with E-state index in [9.17, 15) is 9.59 Å². The highest BCUT2D eigenvalue weighted by Crippen LogP contribution is 2.29. The summed E-state index contributed by atoms with van der Waals surface area (Å²) >= 11 is 0. The molecule has 3 aromatic rings. The highest BCUT2D eigenvalue weighted by molar-refractivity contribution is 5.96. The van der Waals surface area contributed by atoms with Gasteiger partial charge in [0.1, 0.15) is 16.9 Å². The number of rotatable bonds is 5. The van der Waals surface area contributed by atoms with Crippen molar-refractivity contribution in [2.75, 3.05) is 14.2 Å². The van der Waals surface area contributed by atoms with Crippen LogP contribution in [0.2, 0.25) is 0 Å². The van der Waals surface area contributed by atoms with Gasteiger partial charge in [-0.25, -0.2) is 9.59 Å². The number of hydrogen-bond acceptors (Lipinski definition) is 7. The maximum Gasteiger partial charge on any atom is 0.375 e. The number of methoxy groups -OCH3 is 2. The van der Waals surface area contributed by atoms with Crippen molar-refractivity contribution in [1.82, 2.24) is 0 Å². The van der Waals surface area contributed by atoms with E-state index in [-0.39, 0.29) is 23.7 Å². The molecule has 0 saturated carbocycles. The molecule has 1 aromatic carbocycles. The van der Waals surface area contributed by atoms with Gasteiger partial charge in [0.2, 0.25) is 5.76 Å². The number of furan rings is 2. The number of carbonyl (C=O) groups excluding carboxylic acids is 2. The monoisotopic (exact) mass is 344 g/mol. The van der Waals surface area contributed by atoms with Gasteiger partial charge >= 0.3 is 11.9 Å². The third-order valence-corrected chi connectivity index (χ3v) is 3.81. The zero-order chi connectivity index (χ0) is 18.0. The molecule has 0 fully saturated rings. The second-order valence-corrected chi connectivity index (χ2v) is 5.24. The summed E-state index contributed by atoms with van der Waals surface area (Å²) in [6.45, 7) is 1.55. The predicted octanol–water partition coefficient (Wildman–Crippen LogP) is 3.49. The Hall–Kier alpha value is -3.22. The fourth-order valence-electron chi connectivity index (χ4n) is 2.46. The number of hydrogen-bond donors (Lipinski definition) is 0. The molecular formula is C18H16O7. The average Bonchev–Trinajstić information content (AvgIpc) is 3.23. The minimum Gasteiger partial charge on any atom is -0.497 e. The van der Waals surface area contributed by atoms with E-state index in [0.717, 1.165) is 5.39 Å². The quantitative estimate of drug-likeness (QED) is 0.655. The van der Waals surface area contributed by atoms with Gasteiger partial charge in [-0.1, -0.05) is 0 Å². The second kappa shape index (κ2) is 6.72. The van der Waals surface area contributed by atoms with Crippen LogP contribution in [0.15, 0.2) is 39.4 Å². The zero-order valence-corrected chi connectivity index (χ0v) is 14.0. The molecule has 0 saturated heterocycles. The Morgan fingerprint density at radius 1 is 1.12 bits per heavy atom. The number of esters is 2. The van der Waals surface area contributed by atoms with Gasteiger partial charge in [-0.15, -0.1) is 0 Å². The second-order valence-electron chi connectivity index (χ2n) is 5.24. The molecule has 2 aromatic heterocycles. The molecule has 7 heteroatoms. The normalized spacial score (nSPS) is 10.7. The zero-order valence-electron chi connectivity index (χ0n) is 14.0. The molecule has 0 N–H and O–H groups in total. The lowest BCUT2D eigenvalue weighted by atomic mass is 10.1. The van der Waals surface area contributed by atoms with Crippen molar-refractivity contribution < 1.29 is 32.6 Å². The Morgan fingerprint density at radius 2 is 1.92 bits per heavy atom. The summed E-state index contributed by atoms with van der Waals surface area (Å²) in [6.07, 6.45) is 1.33. The Kier molecular flexibility index (Phi) is 4.47. The van der Waals surface area contributed by atoms with Crippen molar-refractivity contribution in [3.8, 4) is 5.75 Å². The molecule has 0 aliphatic heterocycles. The van der Waals surface area contributed by atoms with Gasteiger partial charge in [0.15, 0.2) is 12.4 Å². The molecular weight excluding hydrogens is 328 g/mol. The van der Waals surface area contributed by atoms with Gasteiger partial charge in [0.05, 0.1) is 20.5 Å². The molecule has 0 aliphatic carbocycles.